The first kappa shape index (κ1) is 21.5. The van der Waals surface area contributed by atoms with Gasteiger partial charge in [0.15, 0.2) is 0 Å². The Morgan fingerprint density at radius 2 is 1.81 bits per heavy atom. The molecule has 1 aliphatic heterocycles. The Bertz CT molecular complexity index is 1040. The molecule has 2 N–H and O–H groups in total. The monoisotopic (exact) mass is 434 g/mol. The maximum absolute atomic E-state index is 12.5. The molecule has 0 spiro atoms. The van der Waals surface area contributed by atoms with Crippen LogP contribution < -0.4 is 15.4 Å². The second-order valence-electron chi connectivity index (χ2n) is 7.66. The van der Waals surface area contributed by atoms with Gasteiger partial charge in [-0.05, 0) is 49.2 Å². The molecule has 1 saturated heterocycles. The van der Waals surface area contributed by atoms with Gasteiger partial charge in [-0.2, -0.15) is 5.10 Å². The number of nitrogens with one attached hydrogen (secondary N) is 2. The van der Waals surface area contributed by atoms with Crippen LogP contribution >= 0.6 is 0 Å². The SMILES string of the molecule is COc1ccccc1NC(=O)c1ccc(NC(=O)CN2CCC(n3cncn3)CC2)cc1. The minimum absolute atomic E-state index is 0.0737. The van der Waals surface area contributed by atoms with Crippen LogP contribution in [0.4, 0.5) is 11.4 Å². The van der Waals surface area contributed by atoms with E-state index >= 15 is 0 Å². The summed E-state index contributed by atoms with van der Waals surface area (Å²) in [5, 5.41) is 9.95. The molecule has 166 valence electrons. The second kappa shape index (κ2) is 10.1. The maximum Gasteiger partial charge on any atom is 0.255 e. The summed E-state index contributed by atoms with van der Waals surface area (Å²) in [6.45, 7) is 2.00. The van der Waals surface area contributed by atoms with Crippen LogP contribution in [0.1, 0.15) is 29.2 Å². The molecule has 0 bridgehead atoms. The van der Waals surface area contributed by atoms with Gasteiger partial charge in [-0.15, -0.1) is 0 Å². The number of rotatable bonds is 7. The van der Waals surface area contributed by atoms with E-state index in [-0.39, 0.29) is 11.8 Å². The van der Waals surface area contributed by atoms with Crippen molar-refractivity contribution in [3.05, 3.63) is 66.7 Å². The molecule has 32 heavy (non-hydrogen) atoms. The lowest BCUT2D eigenvalue weighted by Crippen LogP contribution is -2.39. The summed E-state index contributed by atoms with van der Waals surface area (Å²) in [5.74, 6) is 0.271. The van der Waals surface area contributed by atoms with E-state index in [1.165, 1.54) is 0 Å². The number of benzene rings is 2. The Morgan fingerprint density at radius 1 is 1.06 bits per heavy atom. The Morgan fingerprint density at radius 3 is 2.50 bits per heavy atom. The molecular formula is C23H26N6O3. The molecule has 0 radical (unpaired) electrons. The molecule has 9 heteroatoms. The summed E-state index contributed by atoms with van der Waals surface area (Å²) >= 11 is 0. The largest absolute Gasteiger partial charge is 0.495 e. The molecule has 0 atom stereocenters. The van der Waals surface area contributed by atoms with Crippen molar-refractivity contribution in [2.24, 2.45) is 0 Å². The van der Waals surface area contributed by atoms with Crippen molar-refractivity contribution < 1.29 is 14.3 Å². The number of carbonyl (C=O) groups is 2. The Hall–Kier alpha value is -3.72. The molecule has 2 aromatic carbocycles. The number of carbonyl (C=O) groups excluding carboxylic acids is 2. The Labute approximate surface area is 186 Å². The number of hydrogen-bond donors (Lipinski definition) is 2. The fraction of sp³-hybridized carbons (Fsp3) is 0.304. The van der Waals surface area contributed by atoms with E-state index in [1.54, 1.807) is 56.2 Å². The van der Waals surface area contributed by atoms with Crippen LogP contribution in [0.15, 0.2) is 61.2 Å². The molecule has 3 aromatic rings. The molecule has 0 unspecified atom stereocenters. The third-order valence-corrected chi connectivity index (χ3v) is 5.52. The molecule has 2 heterocycles. The highest BCUT2D eigenvalue weighted by atomic mass is 16.5. The van der Waals surface area contributed by atoms with Crippen molar-refractivity contribution in [3.8, 4) is 5.75 Å². The molecule has 0 saturated carbocycles. The summed E-state index contributed by atoms with van der Waals surface area (Å²) in [6, 6.07) is 14.4. The van der Waals surface area contributed by atoms with Crippen LogP contribution in [-0.2, 0) is 4.79 Å². The highest BCUT2D eigenvalue weighted by Crippen LogP contribution is 2.24. The lowest BCUT2D eigenvalue weighted by Gasteiger charge is -2.31. The first-order valence-corrected chi connectivity index (χ1v) is 10.5. The van der Waals surface area contributed by atoms with Gasteiger partial charge >= 0.3 is 0 Å². The number of amides is 2. The van der Waals surface area contributed by atoms with Crippen molar-refractivity contribution in [1.82, 2.24) is 19.7 Å². The first-order valence-electron chi connectivity index (χ1n) is 10.5. The highest BCUT2D eigenvalue weighted by Gasteiger charge is 2.22. The van der Waals surface area contributed by atoms with E-state index in [0.29, 0.717) is 35.3 Å². The van der Waals surface area contributed by atoms with Gasteiger partial charge in [0.25, 0.3) is 5.91 Å². The summed E-state index contributed by atoms with van der Waals surface area (Å²) in [7, 11) is 1.56. The molecule has 1 fully saturated rings. The van der Waals surface area contributed by atoms with Crippen molar-refractivity contribution in [1.29, 1.82) is 0 Å². The number of piperidine rings is 1. The fourth-order valence-corrected chi connectivity index (χ4v) is 3.80. The minimum atomic E-state index is -0.248. The number of aromatic nitrogens is 3. The van der Waals surface area contributed by atoms with Gasteiger partial charge in [-0.1, -0.05) is 12.1 Å². The van der Waals surface area contributed by atoms with Gasteiger partial charge < -0.3 is 15.4 Å². The minimum Gasteiger partial charge on any atom is -0.495 e. The Balaban J connectivity index is 1.26. The van der Waals surface area contributed by atoms with Gasteiger partial charge in [0.1, 0.15) is 18.4 Å². The fourth-order valence-electron chi connectivity index (χ4n) is 3.80. The quantitative estimate of drug-likeness (QED) is 0.593. The van der Waals surface area contributed by atoms with Crippen molar-refractivity contribution in [2.45, 2.75) is 18.9 Å². The van der Waals surface area contributed by atoms with Gasteiger partial charge in [0.05, 0.1) is 25.4 Å². The second-order valence-corrected chi connectivity index (χ2v) is 7.66. The number of nitrogens with zero attached hydrogens (tertiary/aromatic N) is 4. The maximum atomic E-state index is 12.5. The summed E-state index contributed by atoms with van der Waals surface area (Å²) in [6.07, 6.45) is 5.17. The zero-order valence-electron chi connectivity index (χ0n) is 17.9. The summed E-state index contributed by atoms with van der Waals surface area (Å²) in [5.41, 5.74) is 1.75. The number of anilines is 2. The molecule has 4 rings (SSSR count). The number of para-hydroxylation sites is 2. The lowest BCUT2D eigenvalue weighted by atomic mass is 10.1. The lowest BCUT2D eigenvalue weighted by molar-refractivity contribution is -0.117. The van der Waals surface area contributed by atoms with Crippen molar-refractivity contribution in [2.75, 3.05) is 37.4 Å². The molecule has 2 amide bonds. The smallest absolute Gasteiger partial charge is 0.255 e. The van der Waals surface area contributed by atoms with E-state index in [1.807, 2.05) is 16.8 Å². The highest BCUT2D eigenvalue weighted by molar-refractivity contribution is 6.05. The van der Waals surface area contributed by atoms with Crippen LogP contribution in [0, 0.1) is 0 Å². The van der Waals surface area contributed by atoms with E-state index < -0.39 is 0 Å². The van der Waals surface area contributed by atoms with Crippen LogP contribution in [0.5, 0.6) is 5.75 Å². The number of methoxy groups -OCH3 is 1. The van der Waals surface area contributed by atoms with Gasteiger partial charge in [0.2, 0.25) is 5.91 Å². The molecule has 9 nitrogen and oxygen atoms in total. The van der Waals surface area contributed by atoms with E-state index in [9.17, 15) is 9.59 Å². The summed E-state index contributed by atoms with van der Waals surface area (Å²) < 4.78 is 7.15. The average Bonchev–Trinajstić information content (AvgIpc) is 3.35. The predicted octanol–water partition coefficient (Wildman–Crippen LogP) is 2.81. The van der Waals surface area contributed by atoms with E-state index in [4.69, 9.17) is 4.74 Å². The average molecular weight is 435 g/mol. The van der Waals surface area contributed by atoms with Gasteiger partial charge in [-0.3, -0.25) is 14.5 Å². The van der Waals surface area contributed by atoms with Crippen LogP contribution in [0.25, 0.3) is 0 Å². The van der Waals surface area contributed by atoms with E-state index in [0.717, 1.165) is 25.9 Å². The first-order chi connectivity index (χ1) is 15.6. The Kier molecular flexibility index (Phi) is 6.76. The summed E-state index contributed by atoms with van der Waals surface area (Å²) in [4.78, 5) is 31.1. The normalized spacial score (nSPS) is 14.7. The zero-order valence-corrected chi connectivity index (χ0v) is 17.9. The molecule has 1 aromatic heterocycles. The number of likely N-dealkylation sites (tertiary alicyclic amines) is 1. The van der Waals surface area contributed by atoms with Crippen LogP contribution in [0.2, 0.25) is 0 Å². The molecular weight excluding hydrogens is 408 g/mol. The van der Waals surface area contributed by atoms with E-state index in [2.05, 4.69) is 25.6 Å². The van der Waals surface area contributed by atoms with Crippen molar-refractivity contribution >= 4 is 23.2 Å². The number of hydrogen-bond acceptors (Lipinski definition) is 6. The van der Waals surface area contributed by atoms with Gasteiger partial charge in [0, 0.05) is 24.3 Å². The predicted molar refractivity (Wildman–Crippen MR) is 121 cm³/mol. The third kappa shape index (κ3) is 5.30. The van der Waals surface area contributed by atoms with Gasteiger partial charge in [-0.25, -0.2) is 9.67 Å². The number of ether oxygens (including phenoxy) is 1. The molecule has 0 aliphatic carbocycles. The zero-order chi connectivity index (χ0) is 22.3. The molecule has 1 aliphatic rings. The topological polar surface area (TPSA) is 101 Å². The van der Waals surface area contributed by atoms with Crippen LogP contribution in [-0.4, -0.2) is 58.2 Å². The van der Waals surface area contributed by atoms with Crippen molar-refractivity contribution in [3.63, 3.8) is 0 Å². The standard InChI is InChI=1S/C23H26N6O3/c1-32-21-5-3-2-4-20(21)27-23(31)17-6-8-18(9-7-17)26-22(30)14-28-12-10-19(11-13-28)29-16-24-15-25-29/h2-9,15-16,19H,10-14H2,1H3,(H,26,30)(H,27,31). The van der Waals surface area contributed by atoms with Crippen LogP contribution in [0.3, 0.4) is 0 Å². The third-order valence-electron chi connectivity index (χ3n) is 5.52.